The maximum atomic E-state index is 13.0. The number of thiophene rings is 1. The lowest BCUT2D eigenvalue weighted by Gasteiger charge is -2.17. The van der Waals surface area contributed by atoms with Crippen molar-refractivity contribution in [1.29, 1.82) is 0 Å². The summed E-state index contributed by atoms with van der Waals surface area (Å²) in [7, 11) is 0. The van der Waals surface area contributed by atoms with Gasteiger partial charge >= 0.3 is 0 Å². The van der Waals surface area contributed by atoms with Crippen molar-refractivity contribution in [3.63, 3.8) is 0 Å². The third-order valence-electron chi connectivity index (χ3n) is 4.69. The Morgan fingerprint density at radius 1 is 1.35 bits per heavy atom. The predicted octanol–water partition coefficient (Wildman–Crippen LogP) is 3.74. The number of fused-ring (bicyclic) bond motifs is 1. The number of carbonyl (C=O) groups excluding carboxylic acids is 1. The normalized spacial score (nSPS) is 18.2. The molecule has 0 unspecified atom stereocenters. The zero-order valence-corrected chi connectivity index (χ0v) is 15.7. The molecule has 1 amide bonds. The summed E-state index contributed by atoms with van der Waals surface area (Å²) in [6.45, 7) is 5.77. The van der Waals surface area contributed by atoms with E-state index in [2.05, 4.69) is 27.2 Å². The Kier molecular flexibility index (Phi) is 4.55. The molecular formula is C19H21N5OS. The summed E-state index contributed by atoms with van der Waals surface area (Å²) in [4.78, 5) is 28.4. The average molecular weight is 367 g/mol. The fraction of sp³-hybridized carbons (Fsp3) is 0.368. The molecule has 0 spiro atoms. The minimum Gasteiger partial charge on any atom is -0.346 e. The highest BCUT2D eigenvalue weighted by Gasteiger charge is 2.27. The van der Waals surface area contributed by atoms with Crippen LogP contribution in [-0.2, 0) is 0 Å². The van der Waals surface area contributed by atoms with Crippen LogP contribution in [0.25, 0.3) is 10.2 Å². The lowest BCUT2D eigenvalue weighted by atomic mass is 10.2. The van der Waals surface area contributed by atoms with E-state index in [0.717, 1.165) is 35.4 Å². The Balaban J connectivity index is 1.65. The molecule has 6 nitrogen and oxygen atoms in total. The quantitative estimate of drug-likeness (QED) is 0.760. The molecule has 1 aliphatic heterocycles. The smallest absolute Gasteiger partial charge is 0.274 e. The van der Waals surface area contributed by atoms with Crippen LogP contribution in [0.3, 0.4) is 0 Å². The number of rotatable bonds is 4. The fourth-order valence-electron chi connectivity index (χ4n) is 3.24. The first-order valence-corrected chi connectivity index (χ1v) is 9.72. The number of anilines is 1. The highest BCUT2D eigenvalue weighted by Crippen LogP contribution is 2.27. The van der Waals surface area contributed by atoms with Gasteiger partial charge in [0.25, 0.3) is 5.91 Å². The molecule has 1 saturated heterocycles. The van der Waals surface area contributed by atoms with Crippen molar-refractivity contribution in [1.82, 2.24) is 19.9 Å². The van der Waals surface area contributed by atoms with E-state index in [1.165, 1.54) is 11.3 Å². The third-order valence-corrected chi connectivity index (χ3v) is 5.60. The zero-order valence-electron chi connectivity index (χ0n) is 14.8. The monoisotopic (exact) mass is 367 g/mol. The number of hydrogen-bond acceptors (Lipinski definition) is 6. The molecule has 4 rings (SSSR count). The van der Waals surface area contributed by atoms with Gasteiger partial charge in [-0.3, -0.25) is 9.78 Å². The van der Waals surface area contributed by atoms with Gasteiger partial charge in [-0.05, 0) is 42.8 Å². The van der Waals surface area contributed by atoms with E-state index in [9.17, 15) is 4.79 Å². The molecule has 3 aromatic heterocycles. The van der Waals surface area contributed by atoms with Gasteiger partial charge < -0.3 is 10.2 Å². The van der Waals surface area contributed by atoms with Gasteiger partial charge in [-0.15, -0.1) is 11.3 Å². The van der Waals surface area contributed by atoms with Crippen molar-refractivity contribution in [2.45, 2.75) is 26.3 Å². The van der Waals surface area contributed by atoms with E-state index < -0.39 is 0 Å². The van der Waals surface area contributed by atoms with Crippen LogP contribution < -0.4 is 5.32 Å². The van der Waals surface area contributed by atoms with E-state index in [1.807, 2.05) is 41.5 Å². The van der Waals surface area contributed by atoms with Gasteiger partial charge in [-0.25, -0.2) is 9.97 Å². The first-order chi connectivity index (χ1) is 12.6. The van der Waals surface area contributed by atoms with Gasteiger partial charge in [-0.2, -0.15) is 0 Å². The maximum Gasteiger partial charge on any atom is 0.274 e. The van der Waals surface area contributed by atoms with Crippen molar-refractivity contribution < 1.29 is 4.79 Å². The van der Waals surface area contributed by atoms with Crippen LogP contribution in [0.1, 0.15) is 42.5 Å². The van der Waals surface area contributed by atoms with Crippen LogP contribution in [-0.4, -0.2) is 38.8 Å². The molecule has 0 saturated carbocycles. The van der Waals surface area contributed by atoms with Crippen LogP contribution in [0.5, 0.6) is 0 Å². The number of aromatic nitrogens is 3. The van der Waals surface area contributed by atoms with Crippen molar-refractivity contribution in [3.8, 4) is 0 Å². The second kappa shape index (κ2) is 6.99. The van der Waals surface area contributed by atoms with E-state index in [4.69, 9.17) is 0 Å². The largest absolute Gasteiger partial charge is 0.346 e. The number of likely N-dealkylation sites (tertiary alicyclic amines) is 1. The highest BCUT2D eigenvalue weighted by molar-refractivity contribution is 7.17. The SMILES string of the molecule is C[C@H]1CCN(C(=O)c2nc(N[C@@H](C)c3ccccn3)nc3ccsc23)C1. The van der Waals surface area contributed by atoms with Crippen LogP contribution >= 0.6 is 11.3 Å². The minimum absolute atomic E-state index is 0.00209. The summed E-state index contributed by atoms with van der Waals surface area (Å²) in [6, 6.07) is 7.67. The van der Waals surface area contributed by atoms with Crippen LogP contribution in [0, 0.1) is 5.92 Å². The number of pyridine rings is 1. The molecule has 3 aromatic rings. The van der Waals surface area contributed by atoms with Gasteiger partial charge in [0.1, 0.15) is 0 Å². The number of nitrogens with one attached hydrogen (secondary N) is 1. The molecule has 0 radical (unpaired) electrons. The number of carbonyl (C=O) groups is 1. The van der Waals surface area contributed by atoms with Gasteiger partial charge in [0.2, 0.25) is 5.95 Å². The number of amides is 1. The molecule has 0 aromatic carbocycles. The Morgan fingerprint density at radius 3 is 2.96 bits per heavy atom. The summed E-state index contributed by atoms with van der Waals surface area (Å²) in [5, 5.41) is 5.24. The van der Waals surface area contributed by atoms with E-state index in [-0.39, 0.29) is 11.9 Å². The summed E-state index contributed by atoms with van der Waals surface area (Å²) >= 11 is 1.51. The molecular weight excluding hydrogens is 346 g/mol. The van der Waals surface area contributed by atoms with Crippen LogP contribution in [0.15, 0.2) is 35.8 Å². The summed E-state index contributed by atoms with van der Waals surface area (Å²) < 4.78 is 0.852. The molecule has 0 bridgehead atoms. The number of hydrogen-bond donors (Lipinski definition) is 1. The molecule has 1 N–H and O–H groups in total. The summed E-state index contributed by atoms with van der Waals surface area (Å²) in [5.74, 6) is 1.00. The van der Waals surface area contributed by atoms with Crippen molar-refractivity contribution in [2.24, 2.45) is 5.92 Å². The lowest BCUT2D eigenvalue weighted by molar-refractivity contribution is 0.0784. The molecule has 1 fully saturated rings. The van der Waals surface area contributed by atoms with Gasteiger partial charge in [0.05, 0.1) is 22.0 Å². The van der Waals surface area contributed by atoms with Crippen molar-refractivity contribution in [3.05, 3.63) is 47.2 Å². The average Bonchev–Trinajstić information content (AvgIpc) is 3.30. The standard InChI is InChI=1S/C19H21N5OS/c1-12-6-9-24(11-12)18(25)16-17-15(7-10-26-17)22-19(23-16)21-13(2)14-5-3-4-8-20-14/h3-5,7-8,10,12-13H,6,9,11H2,1-2H3,(H,21,22,23)/t12-,13-/m0/s1. The predicted molar refractivity (Wildman–Crippen MR) is 103 cm³/mol. The topological polar surface area (TPSA) is 71.0 Å². The Labute approximate surface area is 156 Å². The highest BCUT2D eigenvalue weighted by atomic mass is 32.1. The second-order valence-electron chi connectivity index (χ2n) is 6.80. The molecule has 1 aliphatic rings. The Morgan fingerprint density at radius 2 is 2.23 bits per heavy atom. The van der Waals surface area contributed by atoms with Crippen LogP contribution in [0.2, 0.25) is 0 Å². The Bertz CT molecular complexity index is 926. The van der Waals surface area contributed by atoms with Crippen molar-refractivity contribution >= 4 is 33.4 Å². The van der Waals surface area contributed by atoms with E-state index >= 15 is 0 Å². The molecule has 26 heavy (non-hydrogen) atoms. The Hall–Kier alpha value is -2.54. The van der Waals surface area contributed by atoms with E-state index in [1.54, 1.807) is 6.20 Å². The minimum atomic E-state index is -0.0537. The summed E-state index contributed by atoms with van der Waals surface area (Å²) in [5.41, 5.74) is 2.20. The molecule has 4 heterocycles. The molecule has 0 aliphatic carbocycles. The molecule has 7 heteroatoms. The maximum absolute atomic E-state index is 13.0. The fourth-order valence-corrected chi connectivity index (χ4v) is 4.05. The van der Waals surface area contributed by atoms with Gasteiger partial charge in [0, 0.05) is 19.3 Å². The number of nitrogens with zero attached hydrogens (tertiary/aromatic N) is 4. The van der Waals surface area contributed by atoms with Gasteiger partial charge in [0.15, 0.2) is 5.69 Å². The third kappa shape index (κ3) is 3.26. The second-order valence-corrected chi connectivity index (χ2v) is 7.71. The summed E-state index contributed by atoms with van der Waals surface area (Å²) in [6.07, 6.45) is 2.81. The van der Waals surface area contributed by atoms with E-state index in [0.29, 0.717) is 17.6 Å². The van der Waals surface area contributed by atoms with Gasteiger partial charge in [-0.1, -0.05) is 13.0 Å². The first kappa shape index (κ1) is 16.9. The lowest BCUT2D eigenvalue weighted by Crippen LogP contribution is -2.29. The zero-order chi connectivity index (χ0) is 18.1. The molecule has 2 atom stereocenters. The first-order valence-electron chi connectivity index (χ1n) is 8.84. The van der Waals surface area contributed by atoms with Crippen LogP contribution in [0.4, 0.5) is 5.95 Å². The van der Waals surface area contributed by atoms with Crippen molar-refractivity contribution in [2.75, 3.05) is 18.4 Å². The molecule has 134 valence electrons.